The average molecular weight is 288 g/mol. The summed E-state index contributed by atoms with van der Waals surface area (Å²) in [5.74, 6) is 0.795. The number of unbranched alkanes of at least 4 members (excludes halogenated alkanes) is 1. The molecular weight excluding hydrogens is 260 g/mol. The van der Waals surface area contributed by atoms with Crippen LogP contribution in [0.4, 0.5) is 0 Å². The third-order valence-corrected chi connectivity index (χ3v) is 3.43. The van der Waals surface area contributed by atoms with Crippen LogP contribution >= 0.6 is 0 Å². The van der Waals surface area contributed by atoms with Gasteiger partial charge >= 0.3 is 0 Å². The smallest absolute Gasteiger partial charge is 0.146 e. The Morgan fingerprint density at radius 1 is 1.19 bits per heavy atom. The maximum atomic E-state index is 5.42. The van der Waals surface area contributed by atoms with Crippen molar-refractivity contribution in [3.8, 4) is 0 Å². The molecule has 116 valence electrons. The second-order valence-electron chi connectivity index (χ2n) is 5.86. The monoisotopic (exact) mass is 288 g/mol. The van der Waals surface area contributed by atoms with E-state index in [4.69, 9.17) is 9.73 Å². The van der Waals surface area contributed by atoms with Gasteiger partial charge in [0.1, 0.15) is 11.5 Å². The molecule has 0 bridgehead atoms. The number of aliphatic imine (C=N–C) groups is 2. The van der Waals surface area contributed by atoms with E-state index in [-0.39, 0.29) is 5.54 Å². The molecule has 0 unspecified atom stereocenters. The van der Waals surface area contributed by atoms with Crippen LogP contribution in [-0.2, 0) is 4.74 Å². The number of fused-ring (bicyclic) bond motifs is 1. The lowest BCUT2D eigenvalue weighted by atomic mass is 9.87. The Morgan fingerprint density at radius 3 is 2.29 bits per heavy atom. The van der Waals surface area contributed by atoms with Crippen LogP contribution in [-0.4, -0.2) is 31.1 Å². The third-order valence-electron chi connectivity index (χ3n) is 3.43. The molecule has 0 amide bonds. The van der Waals surface area contributed by atoms with E-state index < -0.39 is 0 Å². The van der Waals surface area contributed by atoms with Crippen molar-refractivity contribution in [3.05, 3.63) is 35.1 Å². The normalized spacial score (nSPS) is 21.2. The fourth-order valence-corrected chi connectivity index (χ4v) is 2.22. The molecule has 3 nitrogen and oxygen atoms in total. The number of hydrogen-bond acceptors (Lipinski definition) is 3. The maximum absolute atomic E-state index is 5.42. The lowest BCUT2D eigenvalue weighted by molar-refractivity contribution is 0.314. The van der Waals surface area contributed by atoms with Crippen LogP contribution in [0.3, 0.4) is 0 Å². The minimum absolute atomic E-state index is 0.171. The van der Waals surface area contributed by atoms with Crippen molar-refractivity contribution >= 4 is 11.4 Å². The summed E-state index contributed by atoms with van der Waals surface area (Å²) in [7, 11) is 3.45. The number of dihydropyridines is 1. The zero-order valence-corrected chi connectivity index (χ0v) is 14.4. The molecule has 0 fully saturated rings. The van der Waals surface area contributed by atoms with E-state index in [0.29, 0.717) is 0 Å². The zero-order valence-electron chi connectivity index (χ0n) is 14.4. The van der Waals surface area contributed by atoms with Gasteiger partial charge in [0.05, 0.1) is 18.4 Å². The van der Waals surface area contributed by atoms with Gasteiger partial charge in [0, 0.05) is 18.7 Å². The summed E-state index contributed by atoms with van der Waals surface area (Å²) in [6, 6.07) is 0. The fraction of sp³-hybridized carbons (Fsp3) is 0.556. The van der Waals surface area contributed by atoms with Crippen molar-refractivity contribution in [3.63, 3.8) is 0 Å². The summed E-state index contributed by atoms with van der Waals surface area (Å²) in [6.45, 7) is 10.7. The summed E-state index contributed by atoms with van der Waals surface area (Å²) in [4.78, 5) is 8.94. The van der Waals surface area contributed by atoms with Gasteiger partial charge in [-0.15, -0.1) is 0 Å². The second kappa shape index (κ2) is 7.39. The fourth-order valence-electron chi connectivity index (χ4n) is 2.22. The molecule has 0 saturated carbocycles. The lowest BCUT2D eigenvalue weighted by Gasteiger charge is -2.28. The second-order valence-corrected chi connectivity index (χ2v) is 5.86. The molecule has 1 aliphatic heterocycles. The van der Waals surface area contributed by atoms with E-state index in [1.54, 1.807) is 14.2 Å². The Balaban J connectivity index is 0.000000491. The van der Waals surface area contributed by atoms with E-state index in [1.165, 1.54) is 18.4 Å². The molecule has 0 aromatic heterocycles. The van der Waals surface area contributed by atoms with Crippen molar-refractivity contribution in [1.82, 2.24) is 0 Å². The van der Waals surface area contributed by atoms with Crippen LogP contribution < -0.4 is 0 Å². The van der Waals surface area contributed by atoms with Crippen LogP contribution in [0.2, 0.25) is 0 Å². The standard InChI is InChI=1S/C14H18N2O.C4H10/c1-9-8-14(2,3)16-13-11(9)6-10(15-4)7-12(13)17-5;1-3-4-2/h6-8H,1-5H3;3-4H2,1-2H3. The Labute approximate surface area is 129 Å². The first-order valence-corrected chi connectivity index (χ1v) is 7.63. The third kappa shape index (κ3) is 4.42. The van der Waals surface area contributed by atoms with Crippen LogP contribution in [0.1, 0.15) is 47.5 Å². The summed E-state index contributed by atoms with van der Waals surface area (Å²) in [5.41, 5.74) is 4.02. The molecule has 2 rings (SSSR count). The molecule has 0 aromatic rings. The quantitative estimate of drug-likeness (QED) is 0.688. The largest absolute Gasteiger partial charge is 0.494 e. The predicted octanol–water partition coefficient (Wildman–Crippen LogP) is 4.51. The van der Waals surface area contributed by atoms with Crippen molar-refractivity contribution in [2.45, 2.75) is 53.0 Å². The number of nitrogens with zero attached hydrogens (tertiary/aromatic N) is 2. The molecule has 1 heterocycles. The van der Waals surface area contributed by atoms with E-state index in [1.807, 2.05) is 6.08 Å². The van der Waals surface area contributed by atoms with E-state index in [9.17, 15) is 0 Å². The van der Waals surface area contributed by atoms with Gasteiger partial charge < -0.3 is 4.74 Å². The van der Waals surface area contributed by atoms with Gasteiger partial charge in [-0.25, -0.2) is 0 Å². The summed E-state index contributed by atoms with van der Waals surface area (Å²) >= 11 is 0. The first-order valence-electron chi connectivity index (χ1n) is 7.63. The molecule has 0 saturated heterocycles. The van der Waals surface area contributed by atoms with Gasteiger partial charge in [0.25, 0.3) is 0 Å². The lowest BCUT2D eigenvalue weighted by Crippen LogP contribution is -2.27. The highest BCUT2D eigenvalue weighted by Crippen LogP contribution is 2.31. The Bertz CT molecular complexity index is 529. The highest BCUT2D eigenvalue weighted by molar-refractivity contribution is 6.25. The van der Waals surface area contributed by atoms with Crippen LogP contribution in [0.25, 0.3) is 0 Å². The molecule has 0 spiro atoms. The van der Waals surface area contributed by atoms with E-state index >= 15 is 0 Å². The minimum Gasteiger partial charge on any atom is -0.494 e. The first-order chi connectivity index (χ1) is 9.88. The van der Waals surface area contributed by atoms with E-state index in [2.05, 4.69) is 51.8 Å². The Hall–Kier alpha value is -1.64. The zero-order chi connectivity index (χ0) is 16.0. The van der Waals surface area contributed by atoms with E-state index in [0.717, 1.165) is 22.8 Å². The predicted molar refractivity (Wildman–Crippen MR) is 92.4 cm³/mol. The summed E-state index contributed by atoms with van der Waals surface area (Å²) < 4.78 is 5.42. The Kier molecular flexibility index (Phi) is 6.13. The van der Waals surface area contributed by atoms with Crippen molar-refractivity contribution in [1.29, 1.82) is 0 Å². The SMILES string of the molecule is CCCC.CN=C1C=C(OC)C2=NC(C)(C)C=C(C)C2=C1. The van der Waals surface area contributed by atoms with Gasteiger partial charge in [0.2, 0.25) is 0 Å². The number of hydrogen-bond donors (Lipinski definition) is 0. The first kappa shape index (κ1) is 17.4. The Morgan fingerprint density at radius 2 is 1.81 bits per heavy atom. The average Bonchev–Trinajstić information content (AvgIpc) is 2.45. The number of ether oxygens (including phenoxy) is 1. The molecule has 2 aliphatic rings. The molecule has 0 atom stereocenters. The topological polar surface area (TPSA) is 34.0 Å². The highest BCUT2D eigenvalue weighted by atomic mass is 16.5. The summed E-state index contributed by atoms with van der Waals surface area (Å²) in [5, 5.41) is 0. The molecule has 0 N–H and O–H groups in total. The van der Waals surface area contributed by atoms with Crippen molar-refractivity contribution in [2.75, 3.05) is 14.2 Å². The summed E-state index contributed by atoms with van der Waals surface area (Å²) in [6.07, 6.45) is 8.80. The molecular formula is C18H28N2O. The molecule has 3 heteroatoms. The molecule has 21 heavy (non-hydrogen) atoms. The van der Waals surface area contributed by atoms with Crippen LogP contribution in [0, 0.1) is 0 Å². The van der Waals surface area contributed by atoms with Crippen LogP contribution in [0.5, 0.6) is 0 Å². The van der Waals surface area contributed by atoms with Gasteiger partial charge in [-0.2, -0.15) is 0 Å². The van der Waals surface area contributed by atoms with Crippen molar-refractivity contribution < 1.29 is 4.74 Å². The van der Waals surface area contributed by atoms with Gasteiger partial charge in [-0.3, -0.25) is 9.98 Å². The van der Waals surface area contributed by atoms with Gasteiger partial charge in [0.15, 0.2) is 0 Å². The van der Waals surface area contributed by atoms with Crippen LogP contribution in [0.15, 0.2) is 45.1 Å². The van der Waals surface area contributed by atoms with Gasteiger partial charge in [-0.05, 0) is 32.4 Å². The number of methoxy groups -OCH3 is 1. The van der Waals surface area contributed by atoms with Gasteiger partial charge in [-0.1, -0.05) is 32.8 Å². The maximum Gasteiger partial charge on any atom is 0.146 e. The number of allylic oxidation sites excluding steroid dienone is 4. The highest BCUT2D eigenvalue weighted by Gasteiger charge is 2.28. The van der Waals surface area contributed by atoms with Crippen molar-refractivity contribution in [2.24, 2.45) is 9.98 Å². The minimum atomic E-state index is -0.171. The molecule has 1 aliphatic carbocycles. The number of rotatable bonds is 2. The molecule has 0 aromatic carbocycles. The molecule has 0 radical (unpaired) electrons.